The topological polar surface area (TPSA) is 81.0 Å². The molecule has 0 aliphatic carbocycles. The fraction of sp³-hybridized carbons (Fsp3) is 0.143. The summed E-state index contributed by atoms with van der Waals surface area (Å²) in [6.45, 7) is 0. The fourth-order valence-corrected chi connectivity index (χ4v) is 0.889. The summed E-state index contributed by atoms with van der Waals surface area (Å²) < 4.78 is 12.7. The molecule has 0 bridgehead atoms. The second-order valence-electron chi connectivity index (χ2n) is 2.29. The van der Waals surface area contributed by atoms with Gasteiger partial charge in [0.05, 0.1) is 11.8 Å². The van der Waals surface area contributed by atoms with Crippen molar-refractivity contribution in [2.75, 3.05) is 12.4 Å². The number of nitrogens with zero attached hydrogens (tertiary/aromatic N) is 1. The predicted octanol–water partition coefficient (Wildman–Crippen LogP) is 0.567. The Hall–Kier alpha value is -1.69. The molecule has 0 saturated heterocycles. The van der Waals surface area contributed by atoms with Gasteiger partial charge >= 0.3 is 0 Å². The van der Waals surface area contributed by atoms with Gasteiger partial charge in [-0.1, -0.05) is 0 Å². The first-order valence-electron chi connectivity index (χ1n) is 3.51. The van der Waals surface area contributed by atoms with Crippen molar-refractivity contribution < 1.29 is 9.60 Å². The second-order valence-corrected chi connectivity index (χ2v) is 2.29. The highest BCUT2D eigenvalue weighted by Crippen LogP contribution is 2.12. The Morgan fingerprint density at radius 1 is 1.69 bits per heavy atom. The number of aromatic nitrogens is 1. The highest BCUT2D eigenvalue weighted by atomic mass is 19.1. The predicted molar refractivity (Wildman–Crippen MR) is 45.5 cm³/mol. The number of pyridine rings is 1. The lowest BCUT2D eigenvalue weighted by Gasteiger charge is -2.07. The number of halogens is 1. The maximum Gasteiger partial charge on any atom is 0.153 e. The van der Waals surface area contributed by atoms with Crippen LogP contribution in [0.4, 0.5) is 10.2 Å². The van der Waals surface area contributed by atoms with Crippen molar-refractivity contribution in [3.05, 3.63) is 23.6 Å². The van der Waals surface area contributed by atoms with E-state index < -0.39 is 5.82 Å². The van der Waals surface area contributed by atoms with Crippen LogP contribution in [0, 0.1) is 11.2 Å². The van der Waals surface area contributed by atoms with Gasteiger partial charge in [0.2, 0.25) is 0 Å². The molecular formula is C7H9FN4O. The van der Waals surface area contributed by atoms with Crippen LogP contribution in [0.2, 0.25) is 0 Å². The number of anilines is 1. The van der Waals surface area contributed by atoms with Gasteiger partial charge in [-0.15, -0.1) is 0 Å². The maximum atomic E-state index is 12.7. The molecule has 4 N–H and O–H groups in total. The molecule has 0 unspecified atom stereocenters. The van der Waals surface area contributed by atoms with Crippen LogP contribution in [-0.2, 0) is 0 Å². The molecule has 1 aromatic heterocycles. The molecule has 5 nitrogen and oxygen atoms in total. The van der Waals surface area contributed by atoms with Crippen molar-refractivity contribution in [1.82, 2.24) is 10.5 Å². The van der Waals surface area contributed by atoms with E-state index in [1.165, 1.54) is 0 Å². The highest BCUT2D eigenvalue weighted by Gasteiger charge is 2.08. The molecule has 0 radical (unpaired) electrons. The lowest BCUT2D eigenvalue weighted by atomic mass is 10.2. The van der Waals surface area contributed by atoms with Crippen molar-refractivity contribution >= 4 is 11.7 Å². The number of hydroxylamine groups is 1. The van der Waals surface area contributed by atoms with Gasteiger partial charge in [0.1, 0.15) is 11.6 Å². The third kappa shape index (κ3) is 1.91. The average molecular weight is 184 g/mol. The van der Waals surface area contributed by atoms with Crippen molar-refractivity contribution in [2.24, 2.45) is 0 Å². The lowest BCUT2D eigenvalue weighted by molar-refractivity contribution is 0.234. The number of nitrogens with one attached hydrogen (secondary N) is 3. The number of hydrogen-bond acceptors (Lipinski definition) is 4. The van der Waals surface area contributed by atoms with Crippen LogP contribution in [0.15, 0.2) is 12.3 Å². The molecule has 1 rings (SSSR count). The maximum absolute atomic E-state index is 12.7. The number of amidine groups is 1. The van der Waals surface area contributed by atoms with E-state index in [9.17, 15) is 4.39 Å². The van der Waals surface area contributed by atoms with E-state index in [4.69, 9.17) is 10.6 Å². The molecule has 13 heavy (non-hydrogen) atoms. The van der Waals surface area contributed by atoms with Crippen molar-refractivity contribution in [1.29, 1.82) is 5.41 Å². The van der Waals surface area contributed by atoms with Crippen LogP contribution in [-0.4, -0.2) is 23.1 Å². The molecule has 0 spiro atoms. The summed E-state index contributed by atoms with van der Waals surface area (Å²) in [5, 5.41) is 18.3. The van der Waals surface area contributed by atoms with Gasteiger partial charge in [-0.05, 0) is 6.07 Å². The zero-order valence-electron chi connectivity index (χ0n) is 6.93. The quantitative estimate of drug-likeness (QED) is 0.307. The first kappa shape index (κ1) is 9.40. The summed E-state index contributed by atoms with van der Waals surface area (Å²) in [5.41, 5.74) is 1.79. The van der Waals surface area contributed by atoms with Crippen LogP contribution in [0.25, 0.3) is 0 Å². The Morgan fingerprint density at radius 3 is 2.92 bits per heavy atom. The van der Waals surface area contributed by atoms with E-state index in [1.54, 1.807) is 12.5 Å². The van der Waals surface area contributed by atoms with Crippen molar-refractivity contribution in [3.63, 3.8) is 0 Å². The van der Waals surface area contributed by atoms with E-state index >= 15 is 0 Å². The van der Waals surface area contributed by atoms with Gasteiger partial charge in [-0.3, -0.25) is 16.1 Å². The second kappa shape index (κ2) is 3.81. The van der Waals surface area contributed by atoms with Gasteiger partial charge in [0, 0.05) is 7.05 Å². The molecule has 0 aliphatic rings. The van der Waals surface area contributed by atoms with Gasteiger partial charge in [-0.2, -0.15) is 0 Å². The summed E-state index contributed by atoms with van der Waals surface area (Å²) >= 11 is 0. The minimum atomic E-state index is -0.561. The first-order chi connectivity index (χ1) is 6.19. The average Bonchev–Trinajstić information content (AvgIpc) is 2.16. The first-order valence-corrected chi connectivity index (χ1v) is 3.51. The van der Waals surface area contributed by atoms with Crippen molar-refractivity contribution in [2.45, 2.75) is 0 Å². The number of rotatable bonds is 2. The molecule has 1 heterocycles. The van der Waals surface area contributed by atoms with Gasteiger partial charge in [0.15, 0.2) is 5.84 Å². The van der Waals surface area contributed by atoms with E-state index in [1.807, 2.05) is 0 Å². The molecule has 6 heteroatoms. The molecule has 0 amide bonds. The summed E-state index contributed by atoms with van der Waals surface area (Å²) in [4.78, 5) is 3.69. The molecule has 0 saturated carbocycles. The standard InChI is InChI=1S/C7H9FN4O/c1-10-7-5(6(9)12-13)2-4(8)3-11-7/h2-3,13H,1H3,(H2,9,12)(H,10,11). The Morgan fingerprint density at radius 2 is 2.38 bits per heavy atom. The minimum absolute atomic E-state index is 0.171. The Balaban J connectivity index is 3.15. The van der Waals surface area contributed by atoms with Crippen LogP contribution < -0.4 is 10.8 Å². The summed E-state index contributed by atoms with van der Waals surface area (Å²) in [5.74, 6) is -0.543. The number of hydrogen-bond donors (Lipinski definition) is 4. The summed E-state index contributed by atoms with van der Waals surface area (Å²) in [7, 11) is 1.59. The van der Waals surface area contributed by atoms with Gasteiger partial charge < -0.3 is 5.32 Å². The monoisotopic (exact) mass is 184 g/mol. The molecule has 0 aromatic carbocycles. The van der Waals surface area contributed by atoms with Crippen molar-refractivity contribution in [3.8, 4) is 0 Å². The third-order valence-corrected chi connectivity index (χ3v) is 1.47. The normalized spacial score (nSPS) is 9.46. The van der Waals surface area contributed by atoms with E-state index in [0.717, 1.165) is 12.3 Å². The third-order valence-electron chi connectivity index (χ3n) is 1.47. The molecule has 0 atom stereocenters. The smallest absolute Gasteiger partial charge is 0.153 e. The molecule has 0 fully saturated rings. The van der Waals surface area contributed by atoms with Crippen LogP contribution in [0.5, 0.6) is 0 Å². The highest BCUT2D eigenvalue weighted by molar-refractivity contribution is 5.99. The van der Waals surface area contributed by atoms with E-state index in [0.29, 0.717) is 5.82 Å². The fourth-order valence-electron chi connectivity index (χ4n) is 0.889. The van der Waals surface area contributed by atoms with Crippen LogP contribution in [0.3, 0.4) is 0 Å². The zero-order chi connectivity index (χ0) is 9.84. The van der Waals surface area contributed by atoms with Gasteiger partial charge in [-0.25, -0.2) is 9.37 Å². The minimum Gasteiger partial charge on any atom is -0.373 e. The molecule has 0 aliphatic heterocycles. The Bertz CT molecular complexity index is 328. The molecule has 70 valence electrons. The summed E-state index contributed by atoms with van der Waals surface area (Å²) in [6, 6.07) is 1.10. The lowest BCUT2D eigenvalue weighted by Crippen LogP contribution is -2.20. The van der Waals surface area contributed by atoms with Crippen LogP contribution in [0.1, 0.15) is 5.56 Å². The van der Waals surface area contributed by atoms with E-state index in [-0.39, 0.29) is 11.4 Å². The van der Waals surface area contributed by atoms with Gasteiger partial charge in [0.25, 0.3) is 0 Å². The Kier molecular flexibility index (Phi) is 2.76. The van der Waals surface area contributed by atoms with Crippen LogP contribution >= 0.6 is 0 Å². The Labute approximate surface area is 74.1 Å². The SMILES string of the molecule is CNc1ncc(F)cc1C(=N)NO. The molecule has 1 aromatic rings. The van der Waals surface area contributed by atoms with E-state index in [2.05, 4.69) is 10.3 Å². The largest absolute Gasteiger partial charge is 0.373 e. The zero-order valence-corrected chi connectivity index (χ0v) is 6.93. The molecular weight excluding hydrogens is 175 g/mol. The summed E-state index contributed by atoms with van der Waals surface area (Å²) in [6.07, 6.45) is 1.03.